The number of carbonyl (C=O) groups excluding carboxylic acids is 1. The predicted molar refractivity (Wildman–Crippen MR) is 92.2 cm³/mol. The molecule has 0 aliphatic carbocycles. The second-order valence-corrected chi connectivity index (χ2v) is 6.28. The maximum Gasteiger partial charge on any atom is 0.242 e. The Bertz CT molecular complexity index is 541. The summed E-state index contributed by atoms with van der Waals surface area (Å²) >= 11 is 0. The molecule has 6 heteroatoms. The molecule has 1 amide bonds. The second-order valence-electron chi connectivity index (χ2n) is 6.28. The number of hydrogen-bond acceptors (Lipinski definition) is 4. The highest BCUT2D eigenvalue weighted by molar-refractivity contribution is 8.93. The van der Waals surface area contributed by atoms with Gasteiger partial charge < -0.3 is 20.1 Å². The van der Waals surface area contributed by atoms with Crippen molar-refractivity contribution in [3.05, 3.63) is 23.3 Å². The summed E-state index contributed by atoms with van der Waals surface area (Å²) in [6.07, 6.45) is 0.870. The zero-order valence-electron chi connectivity index (χ0n) is 13.8. The van der Waals surface area contributed by atoms with E-state index in [0.29, 0.717) is 11.5 Å². The first kappa shape index (κ1) is 18.8. The molecule has 1 atom stereocenters. The van der Waals surface area contributed by atoms with Crippen LogP contribution in [0.2, 0.25) is 0 Å². The van der Waals surface area contributed by atoms with Gasteiger partial charge in [-0.1, -0.05) is 0 Å². The molecule has 0 spiro atoms. The smallest absolute Gasteiger partial charge is 0.242 e. The van der Waals surface area contributed by atoms with E-state index in [1.165, 1.54) is 0 Å². The lowest BCUT2D eigenvalue weighted by Crippen LogP contribution is -2.48. The van der Waals surface area contributed by atoms with Gasteiger partial charge in [-0.3, -0.25) is 4.79 Å². The third-order valence-electron chi connectivity index (χ3n) is 3.46. The highest BCUT2D eigenvalue weighted by Gasteiger charge is 2.29. The first-order valence-electron chi connectivity index (χ1n) is 7.16. The number of halogens is 1. The molecule has 0 radical (unpaired) electrons. The number of ether oxygens (including phenoxy) is 2. The lowest BCUT2D eigenvalue weighted by atomic mass is 9.92. The zero-order valence-corrected chi connectivity index (χ0v) is 15.5. The maximum atomic E-state index is 12.5. The fourth-order valence-corrected chi connectivity index (χ4v) is 2.56. The molecule has 2 N–H and O–H groups in total. The van der Waals surface area contributed by atoms with Gasteiger partial charge in [0.25, 0.3) is 0 Å². The summed E-state index contributed by atoms with van der Waals surface area (Å²) in [4.78, 5) is 12.5. The molecule has 1 aromatic rings. The molecule has 1 aromatic carbocycles. The third kappa shape index (κ3) is 4.14. The molecule has 1 unspecified atom stereocenters. The molecule has 5 nitrogen and oxygen atoms in total. The minimum absolute atomic E-state index is 0. The summed E-state index contributed by atoms with van der Waals surface area (Å²) in [6.45, 7) is 6.69. The molecule has 0 saturated heterocycles. The molecular weight excluding hydrogens is 348 g/mol. The minimum Gasteiger partial charge on any atom is -0.493 e. The number of fused-ring (bicyclic) bond motifs is 1. The molecule has 124 valence electrons. The Morgan fingerprint density at radius 3 is 2.36 bits per heavy atom. The Hall–Kier alpha value is -1.27. The SMILES string of the molecule is Br.COc1cc2c(cc1OC)C(C(=O)NC(C)(C)C)NCC2. The van der Waals surface area contributed by atoms with Crippen LogP contribution in [-0.2, 0) is 11.2 Å². The second kappa shape index (κ2) is 7.33. The lowest BCUT2D eigenvalue weighted by molar-refractivity contribution is -0.124. The average molecular weight is 373 g/mol. The quantitative estimate of drug-likeness (QED) is 0.854. The van der Waals surface area contributed by atoms with E-state index in [0.717, 1.165) is 24.1 Å². The van der Waals surface area contributed by atoms with Crippen LogP contribution in [0.1, 0.15) is 37.9 Å². The number of carbonyl (C=O) groups is 1. The summed E-state index contributed by atoms with van der Waals surface area (Å²) in [5.41, 5.74) is 1.83. The van der Waals surface area contributed by atoms with Crippen molar-refractivity contribution < 1.29 is 14.3 Å². The van der Waals surface area contributed by atoms with Crippen LogP contribution in [0.4, 0.5) is 0 Å². The fourth-order valence-electron chi connectivity index (χ4n) is 2.56. The van der Waals surface area contributed by atoms with Crippen LogP contribution in [0.25, 0.3) is 0 Å². The Morgan fingerprint density at radius 1 is 1.23 bits per heavy atom. The Kier molecular flexibility index (Phi) is 6.26. The van der Waals surface area contributed by atoms with E-state index in [2.05, 4.69) is 10.6 Å². The molecule has 0 saturated carbocycles. The number of methoxy groups -OCH3 is 2. The summed E-state index contributed by atoms with van der Waals surface area (Å²) in [6, 6.07) is 3.51. The van der Waals surface area contributed by atoms with Crippen LogP contribution < -0.4 is 20.1 Å². The van der Waals surface area contributed by atoms with Crippen LogP contribution in [-0.4, -0.2) is 32.2 Å². The van der Waals surface area contributed by atoms with Crippen molar-refractivity contribution in [2.45, 2.75) is 38.8 Å². The average Bonchev–Trinajstić information content (AvgIpc) is 2.43. The molecule has 0 aromatic heterocycles. The largest absolute Gasteiger partial charge is 0.493 e. The molecule has 0 fully saturated rings. The van der Waals surface area contributed by atoms with Crippen molar-refractivity contribution in [2.24, 2.45) is 0 Å². The number of amides is 1. The molecule has 1 aliphatic rings. The van der Waals surface area contributed by atoms with Gasteiger partial charge in [0.15, 0.2) is 11.5 Å². The Balaban J connectivity index is 0.00000242. The molecule has 0 bridgehead atoms. The normalized spacial score (nSPS) is 17.0. The van der Waals surface area contributed by atoms with Crippen LogP contribution >= 0.6 is 17.0 Å². The topological polar surface area (TPSA) is 59.6 Å². The van der Waals surface area contributed by atoms with Crippen molar-refractivity contribution in [3.8, 4) is 11.5 Å². The lowest BCUT2D eigenvalue weighted by Gasteiger charge is -2.30. The first-order chi connectivity index (χ1) is 9.85. The number of rotatable bonds is 3. The van der Waals surface area contributed by atoms with Crippen LogP contribution in [0.3, 0.4) is 0 Å². The van der Waals surface area contributed by atoms with Gasteiger partial charge in [0.2, 0.25) is 5.91 Å². The van der Waals surface area contributed by atoms with Gasteiger partial charge in [0.1, 0.15) is 6.04 Å². The van der Waals surface area contributed by atoms with Gasteiger partial charge in [-0.2, -0.15) is 0 Å². The van der Waals surface area contributed by atoms with E-state index in [1.807, 2.05) is 32.9 Å². The van der Waals surface area contributed by atoms with Gasteiger partial charge in [-0.15, -0.1) is 17.0 Å². The van der Waals surface area contributed by atoms with E-state index < -0.39 is 0 Å². The highest BCUT2D eigenvalue weighted by Crippen LogP contribution is 2.35. The molecule has 1 heterocycles. The number of benzene rings is 1. The Morgan fingerprint density at radius 2 is 1.82 bits per heavy atom. The van der Waals surface area contributed by atoms with Crippen LogP contribution in [0.15, 0.2) is 12.1 Å². The summed E-state index contributed by atoms with van der Waals surface area (Å²) in [5, 5.41) is 6.30. The van der Waals surface area contributed by atoms with Gasteiger partial charge in [0.05, 0.1) is 14.2 Å². The highest BCUT2D eigenvalue weighted by atomic mass is 79.9. The van der Waals surface area contributed by atoms with E-state index in [-0.39, 0.29) is 34.5 Å². The van der Waals surface area contributed by atoms with Gasteiger partial charge in [0, 0.05) is 12.1 Å². The van der Waals surface area contributed by atoms with Crippen LogP contribution in [0.5, 0.6) is 11.5 Å². The van der Waals surface area contributed by atoms with E-state index >= 15 is 0 Å². The third-order valence-corrected chi connectivity index (χ3v) is 3.46. The van der Waals surface area contributed by atoms with E-state index in [9.17, 15) is 4.79 Å². The van der Waals surface area contributed by atoms with Crippen LogP contribution in [0, 0.1) is 0 Å². The Labute approximate surface area is 142 Å². The summed E-state index contributed by atoms with van der Waals surface area (Å²) in [7, 11) is 3.22. The maximum absolute atomic E-state index is 12.5. The summed E-state index contributed by atoms with van der Waals surface area (Å²) < 4.78 is 10.7. The monoisotopic (exact) mass is 372 g/mol. The standard InChI is InChI=1S/C16H24N2O3.BrH/c1-16(2,3)18-15(19)14-11-9-13(21-5)12(20-4)8-10(11)6-7-17-14;/h8-9,14,17H,6-7H2,1-5H3,(H,18,19);1H. The fraction of sp³-hybridized carbons (Fsp3) is 0.562. The van der Waals surface area contributed by atoms with Crippen molar-refractivity contribution in [1.82, 2.24) is 10.6 Å². The van der Waals surface area contributed by atoms with Crippen molar-refractivity contribution >= 4 is 22.9 Å². The van der Waals surface area contributed by atoms with Crippen molar-refractivity contribution in [1.29, 1.82) is 0 Å². The van der Waals surface area contributed by atoms with Crippen molar-refractivity contribution in [3.63, 3.8) is 0 Å². The molecular formula is C16H25BrN2O3. The number of hydrogen-bond donors (Lipinski definition) is 2. The minimum atomic E-state index is -0.354. The van der Waals surface area contributed by atoms with Gasteiger partial charge in [-0.25, -0.2) is 0 Å². The first-order valence-corrected chi connectivity index (χ1v) is 7.16. The van der Waals surface area contributed by atoms with E-state index in [1.54, 1.807) is 14.2 Å². The molecule has 2 rings (SSSR count). The molecule has 22 heavy (non-hydrogen) atoms. The van der Waals surface area contributed by atoms with Gasteiger partial charge >= 0.3 is 0 Å². The van der Waals surface area contributed by atoms with Crippen molar-refractivity contribution in [2.75, 3.05) is 20.8 Å². The van der Waals surface area contributed by atoms with E-state index in [4.69, 9.17) is 9.47 Å². The summed E-state index contributed by atoms with van der Waals surface area (Å²) in [5.74, 6) is 1.33. The zero-order chi connectivity index (χ0) is 15.6. The van der Waals surface area contributed by atoms with Gasteiger partial charge in [-0.05, 0) is 50.5 Å². The predicted octanol–water partition coefficient (Wildman–Crippen LogP) is 2.38. The number of nitrogens with one attached hydrogen (secondary N) is 2. The molecule has 1 aliphatic heterocycles.